The monoisotopic (exact) mass is 399 g/mol. The van der Waals surface area contributed by atoms with Crippen molar-refractivity contribution in [1.82, 2.24) is 14.9 Å². The van der Waals surface area contributed by atoms with Crippen LogP contribution in [0.3, 0.4) is 0 Å². The lowest BCUT2D eigenvalue weighted by Crippen LogP contribution is -2.23. The molecular formula is C26H29N3O. The predicted octanol–water partition coefficient (Wildman–Crippen LogP) is 6.19. The lowest BCUT2D eigenvalue weighted by molar-refractivity contribution is 0.538. The highest BCUT2D eigenvalue weighted by atomic mass is 16.3. The summed E-state index contributed by atoms with van der Waals surface area (Å²) in [5.74, 6) is 0.676. The number of oxazole rings is 1. The minimum Gasteiger partial charge on any atom is -0.445 e. The molecule has 0 atom stereocenters. The van der Waals surface area contributed by atoms with E-state index in [1.807, 2.05) is 0 Å². The number of aromatic nitrogens is 2. The van der Waals surface area contributed by atoms with Crippen LogP contribution in [0, 0.1) is 0 Å². The maximum atomic E-state index is 5.57. The Balaban J connectivity index is 1.61. The standard InChI is InChI=1S/C26H29N3O/c1-17(2)27-12-4-5-14-29-23-10-7-19(26-28-13-15-30-26)16-22(23)25-21-8-6-18(3)20(21)9-11-24(25)29/h7,9-11,13,15-17,27H,3-6,8,12,14H2,1-2H3. The van der Waals surface area contributed by atoms with Gasteiger partial charge >= 0.3 is 0 Å². The van der Waals surface area contributed by atoms with Crippen molar-refractivity contribution in [3.05, 3.63) is 60.5 Å². The zero-order valence-electron chi connectivity index (χ0n) is 17.9. The zero-order chi connectivity index (χ0) is 20.7. The first-order chi connectivity index (χ1) is 14.6. The molecule has 1 N–H and O–H groups in total. The summed E-state index contributed by atoms with van der Waals surface area (Å²) in [7, 11) is 0. The Bertz CT molecular complexity index is 1210. The summed E-state index contributed by atoms with van der Waals surface area (Å²) in [5.41, 5.74) is 7.71. The molecule has 30 heavy (non-hydrogen) atoms. The van der Waals surface area contributed by atoms with Crippen LogP contribution in [0.15, 0.2) is 53.8 Å². The molecule has 0 fully saturated rings. The summed E-state index contributed by atoms with van der Waals surface area (Å²) in [4.78, 5) is 4.35. The fourth-order valence-electron chi connectivity index (χ4n) is 4.79. The molecule has 4 nitrogen and oxygen atoms in total. The van der Waals surface area contributed by atoms with Gasteiger partial charge in [-0.15, -0.1) is 0 Å². The summed E-state index contributed by atoms with van der Waals surface area (Å²) >= 11 is 0. The number of hydrogen-bond donors (Lipinski definition) is 1. The van der Waals surface area contributed by atoms with E-state index in [1.54, 1.807) is 12.5 Å². The molecule has 0 radical (unpaired) electrons. The number of nitrogens with one attached hydrogen (secondary N) is 1. The molecule has 1 aliphatic carbocycles. The van der Waals surface area contributed by atoms with Crippen molar-refractivity contribution in [1.29, 1.82) is 0 Å². The Kier molecular flexibility index (Phi) is 4.95. The van der Waals surface area contributed by atoms with Crippen LogP contribution < -0.4 is 5.32 Å². The lowest BCUT2D eigenvalue weighted by Gasteiger charge is -2.10. The van der Waals surface area contributed by atoms with Crippen molar-refractivity contribution in [2.75, 3.05) is 6.54 Å². The number of fused-ring (bicyclic) bond motifs is 5. The van der Waals surface area contributed by atoms with Crippen molar-refractivity contribution in [2.45, 2.75) is 52.1 Å². The highest BCUT2D eigenvalue weighted by molar-refractivity contribution is 6.12. The van der Waals surface area contributed by atoms with Gasteiger partial charge in [0.15, 0.2) is 0 Å². The SMILES string of the molecule is C=C1CCc2c1ccc1c2c2cc(-c3ncco3)ccc2n1CCCCNC(C)C. The van der Waals surface area contributed by atoms with E-state index in [9.17, 15) is 0 Å². The molecule has 4 heteroatoms. The van der Waals surface area contributed by atoms with Gasteiger partial charge in [0.25, 0.3) is 0 Å². The van der Waals surface area contributed by atoms with Gasteiger partial charge in [-0.2, -0.15) is 0 Å². The fourth-order valence-corrected chi connectivity index (χ4v) is 4.79. The largest absolute Gasteiger partial charge is 0.445 e. The van der Waals surface area contributed by atoms with Gasteiger partial charge in [0.05, 0.1) is 6.20 Å². The molecule has 2 aromatic heterocycles. The van der Waals surface area contributed by atoms with E-state index >= 15 is 0 Å². The number of allylic oxidation sites excluding steroid dienone is 1. The summed E-state index contributed by atoms with van der Waals surface area (Å²) in [6.07, 6.45) is 7.80. The van der Waals surface area contributed by atoms with Crippen LogP contribution in [-0.4, -0.2) is 22.1 Å². The maximum absolute atomic E-state index is 5.57. The smallest absolute Gasteiger partial charge is 0.225 e. The maximum Gasteiger partial charge on any atom is 0.225 e. The van der Waals surface area contributed by atoms with Gasteiger partial charge in [-0.3, -0.25) is 0 Å². The van der Waals surface area contributed by atoms with Gasteiger partial charge in [0, 0.05) is 40.0 Å². The minimum atomic E-state index is 0.544. The van der Waals surface area contributed by atoms with Gasteiger partial charge < -0.3 is 14.3 Å². The molecule has 5 rings (SSSR count). The molecule has 0 saturated heterocycles. The van der Waals surface area contributed by atoms with Crippen molar-refractivity contribution in [3.63, 3.8) is 0 Å². The van der Waals surface area contributed by atoms with Crippen LogP contribution in [0.2, 0.25) is 0 Å². The Morgan fingerprint density at radius 2 is 2.00 bits per heavy atom. The van der Waals surface area contributed by atoms with Gasteiger partial charge in [-0.1, -0.05) is 26.5 Å². The van der Waals surface area contributed by atoms with Crippen molar-refractivity contribution < 1.29 is 4.42 Å². The van der Waals surface area contributed by atoms with E-state index in [2.05, 4.69) is 65.6 Å². The normalized spacial score (nSPS) is 13.8. The number of benzene rings is 2. The van der Waals surface area contributed by atoms with Crippen LogP contribution in [0.25, 0.3) is 38.8 Å². The fraction of sp³-hybridized carbons (Fsp3) is 0.346. The average Bonchev–Trinajstić information content (AvgIpc) is 3.46. The lowest BCUT2D eigenvalue weighted by atomic mass is 10.0. The number of aryl methyl sites for hydroxylation is 2. The number of nitrogens with zero attached hydrogens (tertiary/aromatic N) is 2. The summed E-state index contributed by atoms with van der Waals surface area (Å²) in [6.45, 7) is 10.8. The zero-order valence-corrected chi connectivity index (χ0v) is 17.9. The average molecular weight is 400 g/mol. The second kappa shape index (κ2) is 7.77. The third-order valence-electron chi connectivity index (χ3n) is 6.24. The van der Waals surface area contributed by atoms with Gasteiger partial charge in [-0.05, 0) is 73.2 Å². The van der Waals surface area contributed by atoms with Crippen LogP contribution >= 0.6 is 0 Å². The molecule has 154 valence electrons. The molecule has 2 aromatic carbocycles. The minimum absolute atomic E-state index is 0.544. The third kappa shape index (κ3) is 3.25. The third-order valence-corrected chi connectivity index (χ3v) is 6.24. The van der Waals surface area contributed by atoms with E-state index in [-0.39, 0.29) is 0 Å². The van der Waals surface area contributed by atoms with Crippen molar-refractivity contribution >= 4 is 27.4 Å². The topological polar surface area (TPSA) is 43.0 Å². The van der Waals surface area contributed by atoms with E-state index in [0.29, 0.717) is 11.9 Å². The Labute approximate surface area is 177 Å². The Morgan fingerprint density at radius 1 is 1.13 bits per heavy atom. The molecule has 0 bridgehead atoms. The van der Waals surface area contributed by atoms with Gasteiger partial charge in [-0.25, -0.2) is 4.98 Å². The number of unbranched alkanes of at least 4 members (excludes halogenated alkanes) is 1. The second-order valence-electron chi connectivity index (χ2n) is 8.63. The number of rotatable bonds is 7. The molecule has 0 saturated carbocycles. The van der Waals surface area contributed by atoms with E-state index < -0.39 is 0 Å². The first-order valence-electron chi connectivity index (χ1n) is 11.0. The molecule has 1 aliphatic rings. The van der Waals surface area contributed by atoms with Crippen molar-refractivity contribution in [3.8, 4) is 11.5 Å². The quantitative estimate of drug-likeness (QED) is 0.377. The highest BCUT2D eigenvalue weighted by Gasteiger charge is 2.22. The molecule has 0 amide bonds. The molecule has 0 aliphatic heterocycles. The van der Waals surface area contributed by atoms with Crippen LogP contribution in [0.4, 0.5) is 0 Å². The Morgan fingerprint density at radius 3 is 2.80 bits per heavy atom. The molecule has 0 unspecified atom stereocenters. The molecular weight excluding hydrogens is 370 g/mol. The van der Waals surface area contributed by atoms with Gasteiger partial charge in [0.2, 0.25) is 5.89 Å². The first kappa shape index (κ1) is 19.1. The van der Waals surface area contributed by atoms with E-state index in [4.69, 9.17) is 4.42 Å². The predicted molar refractivity (Wildman–Crippen MR) is 125 cm³/mol. The summed E-state index contributed by atoms with van der Waals surface area (Å²) in [5, 5.41) is 6.21. The van der Waals surface area contributed by atoms with Crippen molar-refractivity contribution in [2.24, 2.45) is 0 Å². The first-order valence-corrected chi connectivity index (χ1v) is 11.0. The highest BCUT2D eigenvalue weighted by Crippen LogP contribution is 2.41. The van der Waals surface area contributed by atoms with E-state index in [1.165, 1.54) is 44.9 Å². The molecule has 4 aromatic rings. The summed E-state index contributed by atoms with van der Waals surface area (Å²) in [6, 6.07) is 11.7. The van der Waals surface area contributed by atoms with Crippen LogP contribution in [0.5, 0.6) is 0 Å². The van der Waals surface area contributed by atoms with E-state index in [0.717, 1.165) is 37.9 Å². The molecule has 0 spiro atoms. The van der Waals surface area contributed by atoms with Gasteiger partial charge in [0.1, 0.15) is 6.26 Å². The number of hydrogen-bond acceptors (Lipinski definition) is 3. The second-order valence-corrected chi connectivity index (χ2v) is 8.63. The Hall–Kier alpha value is -2.85. The van der Waals surface area contributed by atoms with Crippen LogP contribution in [-0.2, 0) is 13.0 Å². The summed E-state index contributed by atoms with van der Waals surface area (Å²) < 4.78 is 8.07. The molecule has 2 heterocycles. The van der Waals surface area contributed by atoms with Crippen LogP contribution in [0.1, 0.15) is 44.2 Å².